The Labute approximate surface area is 160 Å². The Hall–Kier alpha value is -2.82. The van der Waals surface area contributed by atoms with Crippen LogP contribution < -0.4 is 16.2 Å². The minimum absolute atomic E-state index is 0.0632. The maximum atomic E-state index is 13.1. The Morgan fingerprint density at radius 2 is 1.74 bits per heavy atom. The van der Waals surface area contributed by atoms with Crippen LogP contribution in [0.1, 0.15) is 39.0 Å². The molecule has 2 aromatic rings. The van der Waals surface area contributed by atoms with Crippen LogP contribution in [0.3, 0.4) is 0 Å². The molecule has 1 fully saturated rings. The Bertz CT molecular complexity index is 798. The fourth-order valence-electron chi connectivity index (χ4n) is 4.00. The van der Waals surface area contributed by atoms with Crippen LogP contribution in [0.5, 0.6) is 5.75 Å². The zero-order valence-electron chi connectivity index (χ0n) is 15.7. The van der Waals surface area contributed by atoms with Gasteiger partial charge in [-0.05, 0) is 42.0 Å². The van der Waals surface area contributed by atoms with Crippen molar-refractivity contribution in [1.82, 2.24) is 0 Å². The highest BCUT2D eigenvalue weighted by atomic mass is 16.5. The van der Waals surface area contributed by atoms with Crippen LogP contribution in [-0.4, -0.2) is 17.5 Å². The van der Waals surface area contributed by atoms with E-state index in [1.807, 2.05) is 54.6 Å². The van der Waals surface area contributed by atoms with E-state index in [1.165, 1.54) is 0 Å². The number of carbonyl (C=O) groups is 1. The van der Waals surface area contributed by atoms with E-state index in [2.05, 4.69) is 11.9 Å². The summed E-state index contributed by atoms with van der Waals surface area (Å²) in [6.07, 6.45) is 4.37. The first-order valence-corrected chi connectivity index (χ1v) is 9.53. The minimum atomic E-state index is -0.982. The van der Waals surface area contributed by atoms with Crippen LogP contribution in [0.2, 0.25) is 0 Å². The molecule has 1 saturated carbocycles. The summed E-state index contributed by atoms with van der Waals surface area (Å²) in [5.74, 6) is 0.163. The normalized spacial score (nSPS) is 22.0. The van der Waals surface area contributed by atoms with Gasteiger partial charge in [-0.3, -0.25) is 0 Å². The van der Waals surface area contributed by atoms with Crippen molar-refractivity contribution in [3.63, 3.8) is 0 Å². The molecule has 27 heavy (non-hydrogen) atoms. The summed E-state index contributed by atoms with van der Waals surface area (Å²) in [6, 6.07) is 17.6. The summed E-state index contributed by atoms with van der Waals surface area (Å²) in [5.41, 5.74) is 12.5. The minimum Gasteiger partial charge on any atom is -0.425 e. The van der Waals surface area contributed by atoms with Gasteiger partial charge in [0, 0.05) is 0 Å². The number of hydrogen-bond donors (Lipinski definition) is 2. The molecule has 0 aromatic heterocycles. The zero-order chi connectivity index (χ0) is 19.3. The highest BCUT2D eigenvalue weighted by Gasteiger charge is 2.48. The maximum Gasteiger partial charge on any atom is 0.339 e. The molecule has 2 unspecified atom stereocenters. The molecule has 2 aromatic carbocycles. The Morgan fingerprint density at radius 3 is 2.37 bits per heavy atom. The smallest absolute Gasteiger partial charge is 0.339 e. The molecule has 0 amide bonds. The number of nitrogens with two attached hydrogens (primary N) is 2. The van der Waals surface area contributed by atoms with Crippen LogP contribution in [0.15, 0.2) is 59.6 Å². The molecular weight excluding hydrogens is 338 g/mol. The standard InChI is InChI=1S/C22H27N3O2/c1-2-18-10-6-7-15-22(18,25-21(23)24)20(26)27-19-13-11-17(12-14-19)16-8-4-3-5-9-16/h3-5,8-9,11-14,18H,2,6-7,10,15H2,1H3,(H4,23,24,25). The van der Waals surface area contributed by atoms with Crippen molar-refractivity contribution in [1.29, 1.82) is 0 Å². The lowest BCUT2D eigenvalue weighted by Gasteiger charge is -2.38. The van der Waals surface area contributed by atoms with Crippen molar-refractivity contribution in [3.05, 3.63) is 54.6 Å². The molecule has 2 atom stereocenters. The second-order valence-electron chi connectivity index (χ2n) is 7.09. The van der Waals surface area contributed by atoms with Gasteiger partial charge in [-0.15, -0.1) is 0 Å². The number of nitrogens with zero attached hydrogens (tertiary/aromatic N) is 1. The number of hydrogen-bond acceptors (Lipinski definition) is 3. The summed E-state index contributed by atoms with van der Waals surface area (Å²) in [5, 5.41) is 0. The van der Waals surface area contributed by atoms with E-state index in [0.717, 1.165) is 36.8 Å². The van der Waals surface area contributed by atoms with Gasteiger partial charge in [0.1, 0.15) is 5.75 Å². The van der Waals surface area contributed by atoms with Crippen molar-refractivity contribution in [2.75, 3.05) is 0 Å². The second kappa shape index (κ2) is 8.25. The molecule has 3 rings (SSSR count). The second-order valence-corrected chi connectivity index (χ2v) is 7.09. The van der Waals surface area contributed by atoms with Crippen LogP contribution in [-0.2, 0) is 4.79 Å². The van der Waals surface area contributed by atoms with E-state index in [-0.39, 0.29) is 17.8 Å². The highest BCUT2D eigenvalue weighted by molar-refractivity contribution is 5.88. The molecule has 0 spiro atoms. The number of guanidine groups is 1. The van der Waals surface area contributed by atoms with E-state index in [0.29, 0.717) is 12.2 Å². The molecule has 0 saturated heterocycles. The van der Waals surface area contributed by atoms with Gasteiger partial charge in [0.05, 0.1) is 0 Å². The summed E-state index contributed by atoms with van der Waals surface area (Å²) in [6.45, 7) is 2.06. The van der Waals surface area contributed by atoms with Gasteiger partial charge in [-0.1, -0.05) is 68.7 Å². The lowest BCUT2D eigenvalue weighted by atomic mass is 9.71. The van der Waals surface area contributed by atoms with Crippen LogP contribution in [0.25, 0.3) is 11.1 Å². The molecule has 1 aliphatic rings. The zero-order valence-corrected chi connectivity index (χ0v) is 15.7. The third kappa shape index (κ3) is 4.13. The third-order valence-corrected chi connectivity index (χ3v) is 5.38. The summed E-state index contributed by atoms with van der Waals surface area (Å²) in [4.78, 5) is 17.5. The van der Waals surface area contributed by atoms with Crippen molar-refractivity contribution < 1.29 is 9.53 Å². The predicted octanol–water partition coefficient (Wildman–Crippen LogP) is 3.87. The van der Waals surface area contributed by atoms with Crippen LogP contribution in [0, 0.1) is 5.92 Å². The number of carbonyl (C=O) groups excluding carboxylic acids is 1. The fraction of sp³-hybridized carbons (Fsp3) is 0.364. The monoisotopic (exact) mass is 365 g/mol. The van der Waals surface area contributed by atoms with E-state index >= 15 is 0 Å². The number of benzene rings is 2. The van der Waals surface area contributed by atoms with Crippen LogP contribution >= 0.6 is 0 Å². The quantitative estimate of drug-likeness (QED) is 0.364. The maximum absolute atomic E-state index is 13.1. The first kappa shape index (κ1) is 19.0. The largest absolute Gasteiger partial charge is 0.425 e. The number of aliphatic imine (C=N–C) groups is 1. The molecule has 0 bridgehead atoms. The molecule has 5 heteroatoms. The molecule has 0 aliphatic heterocycles. The van der Waals surface area contributed by atoms with E-state index < -0.39 is 5.54 Å². The molecule has 5 nitrogen and oxygen atoms in total. The Morgan fingerprint density at radius 1 is 1.07 bits per heavy atom. The van der Waals surface area contributed by atoms with Crippen molar-refractivity contribution in [3.8, 4) is 16.9 Å². The first-order valence-electron chi connectivity index (χ1n) is 9.53. The van der Waals surface area contributed by atoms with Crippen molar-refractivity contribution in [2.45, 2.75) is 44.6 Å². The molecule has 1 aliphatic carbocycles. The SMILES string of the molecule is CCC1CCCCC1(N=C(N)N)C(=O)Oc1ccc(-c2ccccc2)cc1. The summed E-state index contributed by atoms with van der Waals surface area (Å²) in [7, 11) is 0. The topological polar surface area (TPSA) is 90.7 Å². The average molecular weight is 365 g/mol. The molecule has 142 valence electrons. The molecule has 0 radical (unpaired) electrons. The number of esters is 1. The lowest BCUT2D eigenvalue weighted by molar-refractivity contribution is -0.144. The van der Waals surface area contributed by atoms with E-state index in [4.69, 9.17) is 16.2 Å². The lowest BCUT2D eigenvalue weighted by Crippen LogP contribution is -2.50. The highest BCUT2D eigenvalue weighted by Crippen LogP contribution is 2.40. The third-order valence-electron chi connectivity index (χ3n) is 5.38. The van der Waals surface area contributed by atoms with Crippen molar-refractivity contribution in [2.24, 2.45) is 22.4 Å². The van der Waals surface area contributed by atoms with Gasteiger partial charge >= 0.3 is 5.97 Å². The summed E-state index contributed by atoms with van der Waals surface area (Å²) >= 11 is 0. The predicted molar refractivity (Wildman–Crippen MR) is 108 cm³/mol. The van der Waals surface area contributed by atoms with Gasteiger partial charge in [-0.25, -0.2) is 9.79 Å². The van der Waals surface area contributed by atoms with E-state index in [9.17, 15) is 4.79 Å². The van der Waals surface area contributed by atoms with Gasteiger partial charge in [0.2, 0.25) is 0 Å². The van der Waals surface area contributed by atoms with Gasteiger partial charge in [-0.2, -0.15) is 0 Å². The first-order chi connectivity index (χ1) is 13.0. The Kier molecular flexibility index (Phi) is 5.79. The van der Waals surface area contributed by atoms with Crippen LogP contribution in [0.4, 0.5) is 0 Å². The van der Waals surface area contributed by atoms with E-state index in [1.54, 1.807) is 0 Å². The molecule has 0 heterocycles. The average Bonchev–Trinajstić information content (AvgIpc) is 2.69. The molecule has 4 N–H and O–H groups in total. The summed E-state index contributed by atoms with van der Waals surface area (Å²) < 4.78 is 5.72. The number of rotatable bonds is 5. The number of ether oxygens (including phenoxy) is 1. The van der Waals surface area contributed by atoms with Crippen molar-refractivity contribution >= 4 is 11.9 Å². The molecular formula is C22H27N3O2. The van der Waals surface area contributed by atoms with Gasteiger partial charge < -0.3 is 16.2 Å². The van der Waals surface area contributed by atoms with Gasteiger partial charge in [0.25, 0.3) is 0 Å². The Balaban J connectivity index is 1.82. The van der Waals surface area contributed by atoms with Gasteiger partial charge in [0.15, 0.2) is 11.5 Å². The fourth-order valence-corrected chi connectivity index (χ4v) is 4.00.